The number of aliphatic carboxylic acids is 1. The number of methoxy groups -OCH3 is 1. The second-order valence-electron chi connectivity index (χ2n) is 8.21. The summed E-state index contributed by atoms with van der Waals surface area (Å²) >= 11 is 0. The van der Waals surface area contributed by atoms with E-state index >= 15 is 0 Å². The SMILES string of the molecule is COCC(NC(=O)OCC1c2ccccc2-c2ccccc21)C(=O)N1C[C@H](O)C[C@@H]1C(=O)O. The highest BCUT2D eigenvalue weighted by molar-refractivity contribution is 5.90. The maximum absolute atomic E-state index is 12.9. The summed E-state index contributed by atoms with van der Waals surface area (Å²) in [5, 5.41) is 21.7. The van der Waals surface area contributed by atoms with Gasteiger partial charge >= 0.3 is 12.1 Å². The summed E-state index contributed by atoms with van der Waals surface area (Å²) in [6.07, 6.45) is -1.81. The van der Waals surface area contributed by atoms with Crippen LogP contribution in [0, 0.1) is 0 Å². The van der Waals surface area contributed by atoms with E-state index in [0.717, 1.165) is 27.2 Å². The lowest BCUT2D eigenvalue weighted by atomic mass is 9.98. The Morgan fingerprint density at radius 3 is 2.27 bits per heavy atom. The number of benzene rings is 2. The maximum Gasteiger partial charge on any atom is 0.407 e. The Hall–Kier alpha value is -3.43. The lowest BCUT2D eigenvalue weighted by Crippen LogP contribution is -2.53. The summed E-state index contributed by atoms with van der Waals surface area (Å²) in [7, 11) is 1.37. The van der Waals surface area contributed by atoms with E-state index in [0.29, 0.717) is 0 Å². The number of carboxylic acids is 1. The van der Waals surface area contributed by atoms with E-state index < -0.39 is 36.2 Å². The molecule has 174 valence electrons. The number of nitrogens with one attached hydrogen (secondary N) is 1. The molecule has 1 saturated heterocycles. The number of fused-ring (bicyclic) bond motifs is 3. The van der Waals surface area contributed by atoms with Gasteiger partial charge in [-0.1, -0.05) is 48.5 Å². The zero-order valence-electron chi connectivity index (χ0n) is 18.1. The highest BCUT2D eigenvalue weighted by atomic mass is 16.5. The summed E-state index contributed by atoms with van der Waals surface area (Å²) in [6.45, 7) is -0.210. The largest absolute Gasteiger partial charge is 0.480 e. The molecule has 0 spiro atoms. The molecule has 3 N–H and O–H groups in total. The molecule has 0 bridgehead atoms. The third-order valence-corrected chi connectivity index (χ3v) is 6.11. The lowest BCUT2D eigenvalue weighted by Gasteiger charge is -2.26. The molecular formula is C24H26N2O7. The smallest absolute Gasteiger partial charge is 0.407 e. The van der Waals surface area contributed by atoms with Gasteiger partial charge in [-0.3, -0.25) is 4.79 Å². The molecule has 1 heterocycles. The number of aliphatic hydroxyl groups is 1. The molecule has 1 aliphatic heterocycles. The minimum absolute atomic E-state index is 0.0638. The molecule has 2 aromatic carbocycles. The Bertz CT molecular complexity index is 1010. The van der Waals surface area contributed by atoms with Crippen molar-refractivity contribution in [3.63, 3.8) is 0 Å². The van der Waals surface area contributed by atoms with Crippen LogP contribution in [0.2, 0.25) is 0 Å². The normalized spacial score (nSPS) is 20.1. The molecular weight excluding hydrogens is 428 g/mol. The standard InChI is InChI=1S/C24H26N2O7/c1-32-13-20(22(28)26-11-14(27)10-21(26)23(29)30)25-24(31)33-12-19-17-8-4-2-6-15(17)16-7-3-5-9-18(16)19/h2-9,14,19-21,27H,10-13H2,1H3,(H,25,31)(H,29,30)/t14-,20?,21-/m1/s1. The molecule has 0 radical (unpaired) electrons. The first-order valence-corrected chi connectivity index (χ1v) is 10.7. The molecule has 2 aliphatic rings. The van der Waals surface area contributed by atoms with Gasteiger partial charge in [-0.05, 0) is 22.3 Å². The van der Waals surface area contributed by atoms with Crippen molar-refractivity contribution in [3.8, 4) is 11.1 Å². The Morgan fingerprint density at radius 1 is 1.09 bits per heavy atom. The van der Waals surface area contributed by atoms with Crippen LogP contribution in [-0.2, 0) is 19.1 Å². The first kappa shape index (κ1) is 22.8. The summed E-state index contributed by atoms with van der Waals surface area (Å²) in [5.41, 5.74) is 4.32. The molecule has 0 aromatic heterocycles. The van der Waals surface area contributed by atoms with Crippen LogP contribution < -0.4 is 5.32 Å². The molecule has 1 unspecified atom stereocenters. The second-order valence-corrected chi connectivity index (χ2v) is 8.21. The van der Waals surface area contributed by atoms with E-state index in [9.17, 15) is 24.6 Å². The molecule has 1 fully saturated rings. The van der Waals surface area contributed by atoms with Crippen LogP contribution in [0.15, 0.2) is 48.5 Å². The molecule has 2 aromatic rings. The van der Waals surface area contributed by atoms with Crippen molar-refractivity contribution in [3.05, 3.63) is 59.7 Å². The first-order valence-electron chi connectivity index (χ1n) is 10.7. The van der Waals surface area contributed by atoms with Gasteiger partial charge in [0.1, 0.15) is 18.7 Å². The fourth-order valence-corrected chi connectivity index (χ4v) is 4.62. The zero-order chi connectivity index (χ0) is 23.5. The third kappa shape index (κ3) is 4.55. The van der Waals surface area contributed by atoms with Crippen molar-refractivity contribution >= 4 is 18.0 Å². The van der Waals surface area contributed by atoms with Crippen LogP contribution >= 0.6 is 0 Å². The van der Waals surface area contributed by atoms with Crippen molar-refractivity contribution in [1.82, 2.24) is 10.2 Å². The number of carbonyl (C=O) groups excluding carboxylic acids is 2. The van der Waals surface area contributed by atoms with Crippen LogP contribution in [0.25, 0.3) is 11.1 Å². The summed E-state index contributed by atoms with van der Waals surface area (Å²) < 4.78 is 10.5. The number of aliphatic hydroxyl groups excluding tert-OH is 1. The van der Waals surface area contributed by atoms with Gasteiger partial charge in [0.15, 0.2) is 0 Å². The average Bonchev–Trinajstić information content (AvgIpc) is 3.35. The fourth-order valence-electron chi connectivity index (χ4n) is 4.62. The van der Waals surface area contributed by atoms with E-state index in [-0.39, 0.29) is 32.1 Å². The van der Waals surface area contributed by atoms with Crippen molar-refractivity contribution < 1.29 is 34.1 Å². The minimum Gasteiger partial charge on any atom is -0.480 e. The topological polar surface area (TPSA) is 125 Å². The number of amides is 2. The van der Waals surface area contributed by atoms with Crippen LogP contribution in [0.5, 0.6) is 0 Å². The van der Waals surface area contributed by atoms with Crippen molar-refractivity contribution in [1.29, 1.82) is 0 Å². The molecule has 0 saturated carbocycles. The highest BCUT2D eigenvalue weighted by Crippen LogP contribution is 2.44. The Kier molecular flexibility index (Phi) is 6.62. The van der Waals surface area contributed by atoms with E-state index in [1.165, 1.54) is 7.11 Å². The zero-order valence-corrected chi connectivity index (χ0v) is 18.1. The van der Waals surface area contributed by atoms with Gasteiger partial charge in [-0.2, -0.15) is 0 Å². The molecule has 2 amide bonds. The summed E-state index contributed by atoms with van der Waals surface area (Å²) in [6, 6.07) is 13.6. The van der Waals surface area contributed by atoms with Gasteiger partial charge in [0, 0.05) is 26.0 Å². The lowest BCUT2D eigenvalue weighted by molar-refractivity contribution is -0.149. The van der Waals surface area contributed by atoms with Crippen molar-refractivity contribution in [2.75, 3.05) is 26.9 Å². The van der Waals surface area contributed by atoms with Crippen molar-refractivity contribution in [2.24, 2.45) is 0 Å². The molecule has 9 heteroatoms. The highest BCUT2D eigenvalue weighted by Gasteiger charge is 2.41. The van der Waals surface area contributed by atoms with Gasteiger partial charge in [-0.15, -0.1) is 0 Å². The van der Waals surface area contributed by atoms with E-state index in [1.807, 2.05) is 48.5 Å². The molecule has 4 rings (SSSR count). The maximum atomic E-state index is 12.9. The number of ether oxygens (including phenoxy) is 2. The minimum atomic E-state index is -1.21. The molecule has 1 aliphatic carbocycles. The van der Waals surface area contributed by atoms with Crippen LogP contribution in [0.3, 0.4) is 0 Å². The fraction of sp³-hybridized carbons (Fsp3) is 0.375. The Labute approximate surface area is 190 Å². The second kappa shape index (κ2) is 9.60. The van der Waals surface area contributed by atoms with Crippen LogP contribution in [0.4, 0.5) is 4.79 Å². The first-order chi connectivity index (χ1) is 15.9. The van der Waals surface area contributed by atoms with Crippen LogP contribution in [-0.4, -0.2) is 78.1 Å². The number of alkyl carbamates (subject to hydrolysis) is 1. The van der Waals surface area contributed by atoms with Gasteiger partial charge in [0.2, 0.25) is 5.91 Å². The number of hydrogen-bond acceptors (Lipinski definition) is 6. The van der Waals surface area contributed by atoms with Gasteiger partial charge in [0.25, 0.3) is 0 Å². The number of hydrogen-bond donors (Lipinski definition) is 3. The monoisotopic (exact) mass is 454 g/mol. The molecule has 33 heavy (non-hydrogen) atoms. The van der Waals surface area contributed by atoms with Crippen LogP contribution in [0.1, 0.15) is 23.5 Å². The van der Waals surface area contributed by atoms with E-state index in [2.05, 4.69) is 5.32 Å². The number of nitrogens with zero attached hydrogens (tertiary/aromatic N) is 1. The number of likely N-dealkylation sites (tertiary alicyclic amines) is 1. The summed E-state index contributed by atoms with van der Waals surface area (Å²) in [4.78, 5) is 38.0. The van der Waals surface area contributed by atoms with E-state index in [1.54, 1.807) is 0 Å². The average molecular weight is 454 g/mol. The molecule has 3 atom stereocenters. The van der Waals surface area contributed by atoms with Gasteiger partial charge < -0.3 is 29.9 Å². The van der Waals surface area contributed by atoms with Gasteiger partial charge in [0.05, 0.1) is 12.7 Å². The quantitative estimate of drug-likeness (QED) is 0.580. The predicted octanol–water partition coefficient (Wildman–Crippen LogP) is 1.59. The predicted molar refractivity (Wildman–Crippen MR) is 118 cm³/mol. The molecule has 9 nitrogen and oxygen atoms in total. The summed E-state index contributed by atoms with van der Waals surface area (Å²) in [5.74, 6) is -1.99. The van der Waals surface area contributed by atoms with Gasteiger partial charge in [-0.25, -0.2) is 9.59 Å². The number of β-amino-alcohol motifs (C(OH)–C–C–N with tert-alkyl or cyclic N) is 1. The number of rotatable bonds is 7. The van der Waals surface area contributed by atoms with E-state index in [4.69, 9.17) is 9.47 Å². The van der Waals surface area contributed by atoms with Crippen molar-refractivity contribution in [2.45, 2.75) is 30.5 Å². The third-order valence-electron chi connectivity index (χ3n) is 6.11. The Morgan fingerprint density at radius 2 is 1.70 bits per heavy atom. The number of carbonyl (C=O) groups is 3. The Balaban J connectivity index is 1.43. The number of carboxylic acid groups (broad SMARTS) is 1.